The van der Waals surface area contributed by atoms with Crippen LogP contribution in [0.15, 0.2) is 6.33 Å². The number of aryl methyl sites for hydroxylation is 1. The molecule has 3 heterocycles. The van der Waals surface area contributed by atoms with E-state index >= 15 is 0 Å². The van der Waals surface area contributed by atoms with E-state index in [1.54, 1.807) is 6.33 Å². The number of unbranched alkanes of at least 4 members (excludes halogenated alkanes) is 1. The Bertz CT molecular complexity index is 609. The maximum Gasteiger partial charge on any atom is 0.226 e. The normalized spacial score (nSPS) is 16.6. The maximum absolute atomic E-state index is 5.86. The minimum absolute atomic E-state index is 0.170. The van der Waals surface area contributed by atoms with Crippen molar-refractivity contribution >= 4 is 28.6 Å². The third kappa shape index (κ3) is 3.44. The summed E-state index contributed by atoms with van der Waals surface area (Å²) in [6, 6.07) is 0. The van der Waals surface area contributed by atoms with E-state index < -0.39 is 0 Å². The number of anilines is 1. The van der Waals surface area contributed by atoms with Gasteiger partial charge in [0.05, 0.1) is 6.33 Å². The molecule has 1 aliphatic rings. The Morgan fingerprint density at radius 2 is 2.10 bits per heavy atom. The van der Waals surface area contributed by atoms with Gasteiger partial charge in [0.15, 0.2) is 11.5 Å². The molecular formula is C14H20ClN5O. The Kier molecular flexibility index (Phi) is 4.55. The van der Waals surface area contributed by atoms with Crippen molar-refractivity contribution in [1.82, 2.24) is 19.5 Å². The Morgan fingerprint density at radius 1 is 1.29 bits per heavy atom. The van der Waals surface area contributed by atoms with Crippen LogP contribution in [-0.4, -0.2) is 32.7 Å². The van der Waals surface area contributed by atoms with Crippen LogP contribution in [0.1, 0.15) is 32.1 Å². The first-order valence-electron chi connectivity index (χ1n) is 7.45. The van der Waals surface area contributed by atoms with Crippen molar-refractivity contribution in [2.45, 2.75) is 38.6 Å². The molecule has 0 saturated carbocycles. The summed E-state index contributed by atoms with van der Waals surface area (Å²) in [7, 11) is 0. The van der Waals surface area contributed by atoms with Gasteiger partial charge < -0.3 is 15.0 Å². The van der Waals surface area contributed by atoms with Crippen molar-refractivity contribution in [2.24, 2.45) is 5.92 Å². The molecule has 3 rings (SSSR count). The number of nitrogens with zero attached hydrogens (tertiary/aromatic N) is 4. The number of ether oxygens (including phenoxy) is 1. The van der Waals surface area contributed by atoms with Gasteiger partial charge in [-0.25, -0.2) is 4.98 Å². The Hall–Kier alpha value is -1.40. The number of rotatable bonds is 5. The second-order valence-corrected chi connectivity index (χ2v) is 5.88. The summed E-state index contributed by atoms with van der Waals surface area (Å²) in [6.45, 7) is 2.73. The van der Waals surface area contributed by atoms with Gasteiger partial charge in [-0.2, -0.15) is 9.97 Å². The molecule has 2 aromatic rings. The zero-order valence-electron chi connectivity index (χ0n) is 12.0. The fourth-order valence-electron chi connectivity index (χ4n) is 2.85. The van der Waals surface area contributed by atoms with E-state index in [0.29, 0.717) is 11.3 Å². The lowest BCUT2D eigenvalue weighted by Crippen LogP contribution is -2.15. The summed E-state index contributed by atoms with van der Waals surface area (Å²) in [4.78, 5) is 12.4. The first-order valence-corrected chi connectivity index (χ1v) is 7.83. The number of nitrogens with two attached hydrogens (primary N) is 1. The zero-order chi connectivity index (χ0) is 14.7. The number of imidazole rings is 1. The Labute approximate surface area is 128 Å². The Balaban J connectivity index is 1.55. The lowest BCUT2D eigenvalue weighted by molar-refractivity contribution is 0.0631. The third-order valence-electron chi connectivity index (χ3n) is 4.07. The number of nitrogen functional groups attached to an aromatic ring is 1. The highest BCUT2D eigenvalue weighted by Crippen LogP contribution is 2.22. The van der Waals surface area contributed by atoms with Crippen LogP contribution >= 0.6 is 11.6 Å². The number of hydrogen-bond donors (Lipinski definition) is 1. The van der Waals surface area contributed by atoms with E-state index in [0.717, 1.165) is 37.7 Å². The summed E-state index contributed by atoms with van der Waals surface area (Å²) < 4.78 is 7.39. The van der Waals surface area contributed by atoms with Crippen LogP contribution in [0.2, 0.25) is 5.28 Å². The van der Waals surface area contributed by atoms with Crippen molar-refractivity contribution in [3.63, 3.8) is 0 Å². The Morgan fingerprint density at radius 3 is 2.90 bits per heavy atom. The molecule has 0 bridgehead atoms. The molecule has 114 valence electrons. The maximum atomic E-state index is 5.86. The highest BCUT2D eigenvalue weighted by Gasteiger charge is 2.13. The summed E-state index contributed by atoms with van der Waals surface area (Å²) in [5.41, 5.74) is 7.15. The van der Waals surface area contributed by atoms with Gasteiger partial charge in [0.2, 0.25) is 5.28 Å². The first-order chi connectivity index (χ1) is 10.2. The van der Waals surface area contributed by atoms with Gasteiger partial charge in [0, 0.05) is 19.8 Å². The van der Waals surface area contributed by atoms with E-state index in [2.05, 4.69) is 15.0 Å². The fraction of sp³-hybridized carbons (Fsp3) is 0.643. The van der Waals surface area contributed by atoms with Crippen molar-refractivity contribution in [3.8, 4) is 0 Å². The third-order valence-corrected chi connectivity index (χ3v) is 4.23. The first kappa shape index (κ1) is 14.5. The summed E-state index contributed by atoms with van der Waals surface area (Å²) in [6.07, 6.45) is 7.75. The SMILES string of the molecule is Nc1nc(Cl)nc2c1ncn2CCCCC1CCOCC1. The monoisotopic (exact) mass is 309 g/mol. The smallest absolute Gasteiger partial charge is 0.226 e. The predicted octanol–water partition coefficient (Wildman–Crippen LogP) is 2.66. The van der Waals surface area contributed by atoms with Crippen LogP contribution in [0.3, 0.4) is 0 Å². The molecule has 21 heavy (non-hydrogen) atoms. The largest absolute Gasteiger partial charge is 0.382 e. The van der Waals surface area contributed by atoms with Crippen LogP contribution < -0.4 is 5.73 Å². The quantitative estimate of drug-likeness (QED) is 0.678. The molecule has 0 radical (unpaired) electrons. The van der Waals surface area contributed by atoms with Crippen LogP contribution in [0.25, 0.3) is 11.2 Å². The van der Waals surface area contributed by atoms with Crippen molar-refractivity contribution in [2.75, 3.05) is 18.9 Å². The number of fused-ring (bicyclic) bond motifs is 1. The minimum Gasteiger partial charge on any atom is -0.382 e. The summed E-state index contributed by atoms with van der Waals surface area (Å²) >= 11 is 5.86. The molecule has 6 nitrogen and oxygen atoms in total. The molecule has 1 fully saturated rings. The molecule has 7 heteroatoms. The van der Waals surface area contributed by atoms with Gasteiger partial charge in [-0.3, -0.25) is 0 Å². The number of halogens is 1. The van der Waals surface area contributed by atoms with Crippen LogP contribution in [0.4, 0.5) is 5.82 Å². The molecule has 2 aromatic heterocycles. The molecular weight excluding hydrogens is 290 g/mol. The van der Waals surface area contributed by atoms with Gasteiger partial charge in [-0.1, -0.05) is 12.8 Å². The van der Waals surface area contributed by atoms with Gasteiger partial charge in [0.25, 0.3) is 0 Å². The molecule has 0 amide bonds. The molecule has 0 aromatic carbocycles. The van der Waals surface area contributed by atoms with Gasteiger partial charge in [-0.05, 0) is 36.8 Å². The molecule has 0 spiro atoms. The van der Waals surface area contributed by atoms with E-state index in [-0.39, 0.29) is 5.28 Å². The van der Waals surface area contributed by atoms with E-state index in [1.807, 2.05) is 4.57 Å². The van der Waals surface area contributed by atoms with Gasteiger partial charge in [0.1, 0.15) is 5.52 Å². The highest BCUT2D eigenvalue weighted by molar-refractivity contribution is 6.28. The van der Waals surface area contributed by atoms with Crippen LogP contribution in [-0.2, 0) is 11.3 Å². The standard InChI is InChI=1S/C14H20ClN5O/c15-14-18-12(16)11-13(19-14)20(9-17-11)6-2-1-3-10-4-7-21-8-5-10/h9-10H,1-8H2,(H2,16,18,19). The van der Waals surface area contributed by atoms with Crippen molar-refractivity contribution < 1.29 is 4.74 Å². The summed E-state index contributed by atoms with van der Waals surface area (Å²) in [5, 5.41) is 0.170. The van der Waals surface area contributed by atoms with Gasteiger partial charge in [-0.15, -0.1) is 0 Å². The molecule has 1 saturated heterocycles. The van der Waals surface area contributed by atoms with Crippen molar-refractivity contribution in [3.05, 3.63) is 11.6 Å². The highest BCUT2D eigenvalue weighted by atomic mass is 35.5. The minimum atomic E-state index is 0.170. The van der Waals surface area contributed by atoms with Gasteiger partial charge >= 0.3 is 0 Å². The lowest BCUT2D eigenvalue weighted by atomic mass is 9.94. The van der Waals surface area contributed by atoms with E-state index in [4.69, 9.17) is 22.1 Å². The fourth-order valence-corrected chi connectivity index (χ4v) is 3.02. The van der Waals surface area contributed by atoms with E-state index in [1.165, 1.54) is 25.7 Å². The van der Waals surface area contributed by atoms with Crippen molar-refractivity contribution in [1.29, 1.82) is 0 Å². The molecule has 0 unspecified atom stereocenters. The molecule has 0 aliphatic carbocycles. The topological polar surface area (TPSA) is 78.9 Å². The molecule has 0 atom stereocenters. The molecule has 1 aliphatic heterocycles. The average Bonchev–Trinajstić information content (AvgIpc) is 2.88. The molecule has 2 N–H and O–H groups in total. The predicted molar refractivity (Wildman–Crippen MR) is 82.1 cm³/mol. The number of hydrogen-bond acceptors (Lipinski definition) is 5. The zero-order valence-corrected chi connectivity index (χ0v) is 12.7. The second-order valence-electron chi connectivity index (χ2n) is 5.54. The van der Waals surface area contributed by atoms with Crippen LogP contribution in [0.5, 0.6) is 0 Å². The van der Waals surface area contributed by atoms with Crippen LogP contribution in [0, 0.1) is 5.92 Å². The second kappa shape index (κ2) is 6.58. The van der Waals surface area contributed by atoms with E-state index in [9.17, 15) is 0 Å². The number of aromatic nitrogens is 4. The average molecular weight is 310 g/mol. The lowest BCUT2D eigenvalue weighted by Gasteiger charge is -2.21. The summed E-state index contributed by atoms with van der Waals surface area (Å²) in [5.74, 6) is 1.16.